The van der Waals surface area contributed by atoms with Crippen molar-refractivity contribution in [3.63, 3.8) is 0 Å². The fourth-order valence-corrected chi connectivity index (χ4v) is 4.28. The van der Waals surface area contributed by atoms with Crippen molar-refractivity contribution in [2.75, 3.05) is 19.7 Å². The molecule has 2 aromatic rings. The van der Waals surface area contributed by atoms with Crippen molar-refractivity contribution < 1.29 is 14.1 Å². The highest BCUT2D eigenvalue weighted by atomic mass is 32.1. The fraction of sp³-hybridized carbons (Fsp3) is 0.529. The van der Waals surface area contributed by atoms with E-state index in [0.29, 0.717) is 13.2 Å². The molecule has 24 heavy (non-hydrogen) atoms. The van der Waals surface area contributed by atoms with Gasteiger partial charge in [0.2, 0.25) is 5.91 Å². The molecule has 0 aliphatic carbocycles. The van der Waals surface area contributed by atoms with Crippen molar-refractivity contribution >= 4 is 17.2 Å². The normalized spacial score (nSPS) is 26.6. The lowest BCUT2D eigenvalue weighted by atomic mass is 9.92. The molecule has 128 valence electrons. The largest absolute Gasteiger partial charge is 0.376 e. The molecule has 0 bridgehead atoms. The first kappa shape index (κ1) is 15.8. The van der Waals surface area contributed by atoms with E-state index in [2.05, 4.69) is 15.4 Å². The van der Waals surface area contributed by atoms with Crippen molar-refractivity contribution in [2.45, 2.75) is 26.1 Å². The Morgan fingerprint density at radius 2 is 2.42 bits per heavy atom. The number of hydrogen-bond acceptors (Lipinski definition) is 6. The average Bonchev–Trinajstić information content (AvgIpc) is 3.30. The number of nitrogens with one attached hydrogen (secondary N) is 1. The van der Waals surface area contributed by atoms with Crippen LogP contribution in [0.15, 0.2) is 28.1 Å². The number of thiophene rings is 1. The van der Waals surface area contributed by atoms with Crippen LogP contribution in [0.1, 0.15) is 16.3 Å². The first-order chi connectivity index (χ1) is 11.7. The van der Waals surface area contributed by atoms with Crippen LogP contribution < -0.4 is 5.32 Å². The van der Waals surface area contributed by atoms with E-state index in [9.17, 15) is 4.79 Å². The fourth-order valence-electron chi connectivity index (χ4n) is 3.63. The number of amides is 1. The van der Waals surface area contributed by atoms with Crippen LogP contribution in [-0.4, -0.2) is 41.8 Å². The van der Waals surface area contributed by atoms with Gasteiger partial charge in [-0.1, -0.05) is 11.2 Å². The zero-order valence-corrected chi connectivity index (χ0v) is 14.4. The van der Waals surface area contributed by atoms with Crippen LogP contribution in [0.25, 0.3) is 0 Å². The lowest BCUT2D eigenvalue weighted by Gasteiger charge is -2.18. The van der Waals surface area contributed by atoms with E-state index in [0.717, 1.165) is 31.1 Å². The molecular formula is C17H21N3O3S. The molecule has 2 fully saturated rings. The van der Waals surface area contributed by atoms with Crippen LogP contribution in [0.3, 0.4) is 0 Å². The van der Waals surface area contributed by atoms with E-state index in [1.807, 2.05) is 30.5 Å². The highest BCUT2D eigenvalue weighted by Gasteiger charge is 2.46. The topological polar surface area (TPSA) is 67.6 Å². The van der Waals surface area contributed by atoms with Crippen molar-refractivity contribution in [2.24, 2.45) is 11.8 Å². The van der Waals surface area contributed by atoms with Gasteiger partial charge >= 0.3 is 0 Å². The molecule has 6 nitrogen and oxygen atoms in total. The molecule has 2 saturated heterocycles. The summed E-state index contributed by atoms with van der Waals surface area (Å²) in [5.41, 5.74) is 0.936. The van der Waals surface area contributed by atoms with Gasteiger partial charge in [-0.3, -0.25) is 9.69 Å². The molecule has 4 heterocycles. The van der Waals surface area contributed by atoms with Crippen LogP contribution in [0, 0.1) is 18.8 Å². The van der Waals surface area contributed by atoms with Gasteiger partial charge in [-0.25, -0.2) is 0 Å². The Morgan fingerprint density at radius 1 is 1.50 bits per heavy atom. The van der Waals surface area contributed by atoms with E-state index in [1.54, 1.807) is 11.3 Å². The van der Waals surface area contributed by atoms with Crippen LogP contribution in [0.4, 0.5) is 0 Å². The minimum absolute atomic E-state index is 0.0565. The predicted octanol–water partition coefficient (Wildman–Crippen LogP) is 1.81. The van der Waals surface area contributed by atoms with E-state index >= 15 is 0 Å². The molecule has 0 aromatic carbocycles. The number of carbonyl (C=O) groups excluding carboxylic acids is 1. The second-order valence-electron chi connectivity index (χ2n) is 6.56. The van der Waals surface area contributed by atoms with Gasteiger partial charge in [-0.05, 0) is 18.4 Å². The first-order valence-corrected chi connectivity index (χ1v) is 9.13. The highest BCUT2D eigenvalue weighted by Crippen LogP contribution is 2.34. The number of hydrogen-bond donors (Lipinski definition) is 1. The first-order valence-electron chi connectivity index (χ1n) is 8.25. The third-order valence-corrected chi connectivity index (χ3v) is 5.68. The smallest absolute Gasteiger partial charge is 0.226 e. The standard InChI is InChI=1S/C17H21N3O3S/c1-11-5-12(19-23-11)7-20-8-14-15(10-22-16(14)9-20)17(21)18-6-13-3-2-4-24-13/h2-5,14-16H,6-10H2,1H3,(H,18,21)/t14-,15+,16-/m0/s1. The Labute approximate surface area is 144 Å². The van der Waals surface area contributed by atoms with Crippen molar-refractivity contribution in [3.8, 4) is 0 Å². The number of nitrogens with zero attached hydrogens (tertiary/aromatic N) is 2. The molecular weight excluding hydrogens is 326 g/mol. The van der Waals surface area contributed by atoms with Gasteiger partial charge in [0.15, 0.2) is 0 Å². The molecule has 0 spiro atoms. The Balaban J connectivity index is 1.33. The summed E-state index contributed by atoms with van der Waals surface area (Å²) in [4.78, 5) is 16.0. The molecule has 1 N–H and O–H groups in total. The van der Waals surface area contributed by atoms with Gasteiger partial charge in [0.1, 0.15) is 5.76 Å². The number of fused-ring (bicyclic) bond motifs is 1. The Morgan fingerprint density at radius 3 is 3.17 bits per heavy atom. The summed E-state index contributed by atoms with van der Waals surface area (Å²) >= 11 is 1.66. The van der Waals surface area contributed by atoms with Crippen LogP contribution in [-0.2, 0) is 22.6 Å². The van der Waals surface area contributed by atoms with Crippen molar-refractivity contribution in [3.05, 3.63) is 39.9 Å². The SMILES string of the molecule is Cc1cc(CN2C[C@@H]3[C@H](C2)OC[C@H]3C(=O)NCc2cccs2)no1. The maximum absolute atomic E-state index is 12.5. The number of aryl methyl sites for hydroxylation is 1. The van der Waals surface area contributed by atoms with Gasteiger partial charge in [-0.15, -0.1) is 11.3 Å². The number of rotatable bonds is 5. The molecule has 2 aromatic heterocycles. The molecule has 7 heteroatoms. The summed E-state index contributed by atoms with van der Waals surface area (Å²) in [6.45, 7) is 5.50. The summed E-state index contributed by atoms with van der Waals surface area (Å²) in [7, 11) is 0. The van der Waals surface area contributed by atoms with E-state index in [4.69, 9.17) is 9.26 Å². The molecule has 2 aliphatic rings. The monoisotopic (exact) mass is 347 g/mol. The quantitative estimate of drug-likeness (QED) is 0.893. The number of likely N-dealkylation sites (tertiary alicyclic amines) is 1. The Hall–Kier alpha value is -1.70. The summed E-state index contributed by atoms with van der Waals surface area (Å²) < 4.78 is 11.0. The van der Waals surface area contributed by atoms with Crippen LogP contribution >= 0.6 is 11.3 Å². The van der Waals surface area contributed by atoms with E-state index in [-0.39, 0.29) is 23.8 Å². The lowest BCUT2D eigenvalue weighted by Crippen LogP contribution is -2.36. The van der Waals surface area contributed by atoms with E-state index in [1.165, 1.54) is 4.88 Å². The van der Waals surface area contributed by atoms with Crippen LogP contribution in [0.2, 0.25) is 0 Å². The van der Waals surface area contributed by atoms with Gasteiger partial charge in [0.05, 0.1) is 30.9 Å². The van der Waals surface area contributed by atoms with Gasteiger partial charge in [-0.2, -0.15) is 0 Å². The van der Waals surface area contributed by atoms with Gasteiger partial charge in [0.25, 0.3) is 0 Å². The van der Waals surface area contributed by atoms with Crippen molar-refractivity contribution in [1.29, 1.82) is 0 Å². The van der Waals surface area contributed by atoms with Crippen molar-refractivity contribution in [1.82, 2.24) is 15.4 Å². The summed E-state index contributed by atoms with van der Waals surface area (Å²) in [6, 6.07) is 6.00. The molecule has 0 radical (unpaired) electrons. The number of carbonyl (C=O) groups is 1. The summed E-state index contributed by atoms with van der Waals surface area (Å²) in [5.74, 6) is 1.14. The second kappa shape index (κ2) is 6.66. The molecule has 3 atom stereocenters. The maximum atomic E-state index is 12.5. The zero-order valence-electron chi connectivity index (χ0n) is 13.6. The zero-order chi connectivity index (χ0) is 16.5. The maximum Gasteiger partial charge on any atom is 0.226 e. The molecule has 0 saturated carbocycles. The third-order valence-electron chi connectivity index (χ3n) is 4.81. The lowest BCUT2D eigenvalue weighted by molar-refractivity contribution is -0.126. The predicted molar refractivity (Wildman–Crippen MR) is 89.4 cm³/mol. The Bertz CT molecular complexity index is 700. The number of ether oxygens (including phenoxy) is 1. The molecule has 1 amide bonds. The molecule has 2 aliphatic heterocycles. The average molecular weight is 347 g/mol. The molecule has 4 rings (SSSR count). The van der Waals surface area contributed by atoms with E-state index < -0.39 is 0 Å². The Kier molecular flexibility index (Phi) is 4.39. The summed E-state index contributed by atoms with van der Waals surface area (Å²) in [5, 5.41) is 9.13. The minimum atomic E-state index is -0.0565. The van der Waals surface area contributed by atoms with Gasteiger partial charge in [0, 0.05) is 36.5 Å². The second-order valence-corrected chi connectivity index (χ2v) is 7.59. The van der Waals surface area contributed by atoms with Gasteiger partial charge < -0.3 is 14.6 Å². The van der Waals surface area contributed by atoms with Crippen LogP contribution in [0.5, 0.6) is 0 Å². The third kappa shape index (κ3) is 3.24. The number of aromatic nitrogens is 1. The molecule has 0 unspecified atom stereocenters. The highest BCUT2D eigenvalue weighted by molar-refractivity contribution is 7.09. The minimum Gasteiger partial charge on any atom is -0.376 e. The summed E-state index contributed by atoms with van der Waals surface area (Å²) in [6.07, 6.45) is 0.149.